The topological polar surface area (TPSA) is 51.6 Å². The molecule has 0 aliphatic rings. The maximum atomic E-state index is 5.75. The van der Waals surface area contributed by atoms with Crippen LogP contribution in [0.2, 0.25) is 0 Å². The van der Waals surface area contributed by atoms with Gasteiger partial charge in [-0.1, -0.05) is 283 Å². The van der Waals surface area contributed by atoms with E-state index in [-0.39, 0.29) is 0 Å². The van der Waals surface area contributed by atoms with Crippen molar-refractivity contribution in [3.8, 4) is 78.9 Å². The van der Waals surface area contributed by atoms with E-state index in [0.717, 1.165) is 78.8 Å². The molecule has 0 unspecified atom stereocenters. The molecular formula is C78H98N4. The maximum Gasteiger partial charge on any atom is 0.198 e. The van der Waals surface area contributed by atoms with Crippen LogP contribution in [0.4, 0.5) is 0 Å². The number of hydrogen-bond acceptors (Lipinski definition) is 4. The Balaban J connectivity index is 1.34. The molecule has 0 fully saturated rings. The summed E-state index contributed by atoms with van der Waals surface area (Å²) in [5.74, 6) is 1.13. The fourth-order valence-corrected chi connectivity index (χ4v) is 12.0. The Morgan fingerprint density at radius 1 is 0.256 bits per heavy atom. The molecular weight excluding hydrogens is 993 g/mol. The predicted octanol–water partition coefficient (Wildman–Crippen LogP) is 23.2. The van der Waals surface area contributed by atoms with Crippen molar-refractivity contribution in [2.75, 3.05) is 0 Å². The average molecular weight is 1090 g/mol. The minimum Gasteiger partial charge on any atom is -0.225 e. The third-order valence-corrected chi connectivity index (χ3v) is 17.0. The van der Waals surface area contributed by atoms with Gasteiger partial charge >= 0.3 is 0 Å². The number of rotatable bonds is 35. The van der Waals surface area contributed by atoms with E-state index in [0.29, 0.717) is 11.6 Å². The predicted molar refractivity (Wildman–Crippen MR) is 353 cm³/mol. The molecule has 0 atom stereocenters. The quantitative estimate of drug-likeness (QED) is 0.0372. The van der Waals surface area contributed by atoms with Gasteiger partial charge in [-0.3, -0.25) is 0 Å². The number of aromatic nitrogens is 4. The Hall–Kier alpha value is -6.52. The Labute approximate surface area is 496 Å². The first-order valence-corrected chi connectivity index (χ1v) is 32.7. The van der Waals surface area contributed by atoms with E-state index in [1.54, 1.807) is 0 Å². The Bertz CT molecular complexity index is 3080. The van der Waals surface area contributed by atoms with Gasteiger partial charge in [0.15, 0.2) is 11.6 Å². The van der Waals surface area contributed by atoms with Crippen LogP contribution in [0.15, 0.2) is 146 Å². The zero-order valence-corrected chi connectivity index (χ0v) is 51.4. The van der Waals surface area contributed by atoms with E-state index < -0.39 is 0 Å². The maximum absolute atomic E-state index is 5.75. The average Bonchev–Trinajstić information content (AvgIpc) is 3.55. The van der Waals surface area contributed by atoms with Crippen LogP contribution in [0.1, 0.15) is 215 Å². The molecule has 82 heavy (non-hydrogen) atoms. The first-order valence-electron chi connectivity index (χ1n) is 32.7. The smallest absolute Gasteiger partial charge is 0.198 e. The summed E-state index contributed by atoms with van der Waals surface area (Å²) in [6, 6.07) is 54.1. The first-order chi connectivity index (χ1) is 40.3. The van der Waals surface area contributed by atoms with Gasteiger partial charge in [-0.2, -0.15) is 0 Å². The summed E-state index contributed by atoms with van der Waals surface area (Å²) in [5, 5.41) is 0. The standard InChI is InChI=1S/C78H98N4/c1-7-11-15-19-23-29-41-66-54-71(67(53-60(66)6)42-30-24-20-16-12-8-2)75-58-76(82-78(81-75)77-79-73(64-37-33-27-34-38-64)57-74(80-77)65-39-35-28-36-40-65)72-56-68(43-31-25-21-17-13-9-3)70(55-69(72)44-32-26-22-18-14-10-4)63-51-49-62(50-52-63)61-47-45-59(5)46-48-61/h27-28,33-40,45-58H,7-26,29-32,41-44H2,1-6H3. The molecule has 0 radical (unpaired) electrons. The minimum absolute atomic E-state index is 0.551. The molecule has 2 aromatic heterocycles. The lowest BCUT2D eigenvalue weighted by atomic mass is 9.87. The lowest BCUT2D eigenvalue weighted by Crippen LogP contribution is -2.05. The fraction of sp³-hybridized carbons (Fsp3) is 0.436. The van der Waals surface area contributed by atoms with Gasteiger partial charge in [0.05, 0.1) is 22.8 Å². The van der Waals surface area contributed by atoms with Gasteiger partial charge in [0.2, 0.25) is 0 Å². The molecule has 0 saturated heterocycles. The van der Waals surface area contributed by atoms with Gasteiger partial charge < -0.3 is 0 Å². The highest BCUT2D eigenvalue weighted by molar-refractivity contribution is 5.81. The number of unbranched alkanes of at least 4 members (excludes halogenated alkanes) is 20. The van der Waals surface area contributed by atoms with Crippen molar-refractivity contribution >= 4 is 0 Å². The lowest BCUT2D eigenvalue weighted by molar-refractivity contribution is 0.605. The SMILES string of the molecule is CCCCCCCCc1cc(-c2cc(-c3cc(CCCCCCCC)c(-c4ccc(-c5ccc(C)cc5)cc4)cc3CCCCCCCC)nc(-c3nc(-c4ccccc4)cc(-c4ccccc4)n3)n2)c(CCCCCCCC)cc1C. The van der Waals surface area contributed by atoms with Crippen LogP contribution in [0.5, 0.6) is 0 Å². The second-order valence-corrected chi connectivity index (χ2v) is 23.8. The Morgan fingerprint density at radius 3 is 1.01 bits per heavy atom. The molecule has 430 valence electrons. The van der Waals surface area contributed by atoms with Crippen molar-refractivity contribution in [3.63, 3.8) is 0 Å². The second-order valence-electron chi connectivity index (χ2n) is 23.8. The van der Waals surface area contributed by atoms with Crippen LogP contribution >= 0.6 is 0 Å². The van der Waals surface area contributed by atoms with Gasteiger partial charge in [-0.15, -0.1) is 0 Å². The molecule has 0 N–H and O–H groups in total. The summed E-state index contributed by atoms with van der Waals surface area (Å²) >= 11 is 0. The van der Waals surface area contributed by atoms with Gasteiger partial charge in [0.1, 0.15) is 0 Å². The van der Waals surface area contributed by atoms with E-state index in [9.17, 15) is 0 Å². The molecule has 0 aliphatic carbocycles. The van der Waals surface area contributed by atoms with Crippen LogP contribution in [0.25, 0.3) is 78.9 Å². The molecule has 0 bridgehead atoms. The molecule has 0 spiro atoms. The van der Waals surface area contributed by atoms with E-state index in [1.165, 1.54) is 202 Å². The van der Waals surface area contributed by atoms with Crippen LogP contribution in [0.3, 0.4) is 0 Å². The monoisotopic (exact) mass is 1090 g/mol. The van der Waals surface area contributed by atoms with E-state index in [1.807, 2.05) is 0 Å². The van der Waals surface area contributed by atoms with Crippen molar-refractivity contribution in [2.45, 2.75) is 221 Å². The van der Waals surface area contributed by atoms with Crippen molar-refractivity contribution in [2.24, 2.45) is 0 Å². The number of benzene rings is 6. The summed E-state index contributed by atoms with van der Waals surface area (Å²) in [6.45, 7) is 13.8. The third-order valence-electron chi connectivity index (χ3n) is 17.0. The highest BCUT2D eigenvalue weighted by Gasteiger charge is 2.22. The number of aryl methyl sites for hydroxylation is 6. The third kappa shape index (κ3) is 18.2. The van der Waals surface area contributed by atoms with Gasteiger partial charge in [0, 0.05) is 22.3 Å². The summed E-state index contributed by atoms with van der Waals surface area (Å²) in [5.41, 5.74) is 21.6. The van der Waals surface area contributed by atoms with E-state index in [4.69, 9.17) is 19.9 Å². The first kappa shape index (κ1) is 61.5. The van der Waals surface area contributed by atoms with Crippen molar-refractivity contribution in [3.05, 3.63) is 179 Å². The van der Waals surface area contributed by atoms with Crippen LogP contribution < -0.4 is 0 Å². The molecule has 8 aromatic rings. The second kappa shape index (κ2) is 33.6. The highest BCUT2D eigenvalue weighted by atomic mass is 15.0. The summed E-state index contributed by atoms with van der Waals surface area (Å²) < 4.78 is 0. The molecule has 4 heteroatoms. The lowest BCUT2D eigenvalue weighted by Gasteiger charge is -2.20. The van der Waals surface area contributed by atoms with Gasteiger partial charge in [0.25, 0.3) is 0 Å². The molecule has 0 saturated carbocycles. The summed E-state index contributed by atoms with van der Waals surface area (Å²) in [4.78, 5) is 22.3. The molecule has 8 rings (SSSR count). The largest absolute Gasteiger partial charge is 0.225 e. The number of nitrogens with zero attached hydrogens (tertiary/aromatic N) is 4. The molecule has 4 nitrogen and oxygen atoms in total. The van der Waals surface area contributed by atoms with Crippen LogP contribution in [0, 0.1) is 13.8 Å². The molecule has 0 aliphatic heterocycles. The van der Waals surface area contributed by atoms with Crippen molar-refractivity contribution < 1.29 is 0 Å². The van der Waals surface area contributed by atoms with E-state index >= 15 is 0 Å². The van der Waals surface area contributed by atoms with Gasteiger partial charge in [-0.25, -0.2) is 19.9 Å². The zero-order chi connectivity index (χ0) is 57.1. The normalized spacial score (nSPS) is 11.4. The van der Waals surface area contributed by atoms with Crippen LogP contribution in [-0.4, -0.2) is 19.9 Å². The zero-order valence-electron chi connectivity index (χ0n) is 51.4. The fourth-order valence-electron chi connectivity index (χ4n) is 12.0. The summed E-state index contributed by atoms with van der Waals surface area (Å²) in [6.07, 6.45) is 34.4. The molecule has 2 heterocycles. The Morgan fingerprint density at radius 2 is 0.573 bits per heavy atom. The summed E-state index contributed by atoms with van der Waals surface area (Å²) in [7, 11) is 0. The Kier molecular flexibility index (Phi) is 25.2. The van der Waals surface area contributed by atoms with Crippen LogP contribution in [-0.2, 0) is 25.7 Å². The van der Waals surface area contributed by atoms with Gasteiger partial charge in [-0.05, 0) is 140 Å². The number of hydrogen-bond donors (Lipinski definition) is 0. The van der Waals surface area contributed by atoms with E-state index in [2.05, 4.69) is 187 Å². The highest BCUT2D eigenvalue weighted by Crippen LogP contribution is 2.39. The minimum atomic E-state index is 0.551. The molecule has 6 aromatic carbocycles. The molecule has 0 amide bonds. The van der Waals surface area contributed by atoms with Crippen molar-refractivity contribution in [1.82, 2.24) is 19.9 Å². The van der Waals surface area contributed by atoms with Crippen molar-refractivity contribution in [1.29, 1.82) is 0 Å².